The summed E-state index contributed by atoms with van der Waals surface area (Å²) in [5, 5.41) is 0.733. The molecule has 114 valence electrons. The Bertz CT molecular complexity index is 687. The number of anilines is 1. The SMILES string of the molecule is O=C(c1cncc(Br)c1)N1CCN(c2cccc(Cl)c2)CC1. The number of rotatable bonds is 2. The van der Waals surface area contributed by atoms with Crippen LogP contribution in [-0.4, -0.2) is 42.0 Å². The third-order valence-electron chi connectivity index (χ3n) is 3.69. The molecule has 4 nitrogen and oxygen atoms in total. The molecule has 1 aromatic heterocycles. The Kier molecular flexibility index (Phi) is 4.64. The number of halogens is 2. The molecule has 0 atom stereocenters. The number of pyridine rings is 1. The predicted molar refractivity (Wildman–Crippen MR) is 91.5 cm³/mol. The summed E-state index contributed by atoms with van der Waals surface area (Å²) in [7, 11) is 0. The van der Waals surface area contributed by atoms with Crippen molar-refractivity contribution in [3.8, 4) is 0 Å². The molecule has 1 aromatic carbocycles. The van der Waals surface area contributed by atoms with Crippen molar-refractivity contribution < 1.29 is 4.79 Å². The molecule has 2 heterocycles. The third-order valence-corrected chi connectivity index (χ3v) is 4.36. The average Bonchev–Trinajstić information content (AvgIpc) is 2.54. The molecule has 1 aliphatic heterocycles. The van der Waals surface area contributed by atoms with E-state index < -0.39 is 0 Å². The Balaban J connectivity index is 1.65. The molecule has 1 saturated heterocycles. The van der Waals surface area contributed by atoms with E-state index in [0.29, 0.717) is 18.7 Å². The van der Waals surface area contributed by atoms with Gasteiger partial charge in [-0.25, -0.2) is 0 Å². The molecule has 0 radical (unpaired) electrons. The van der Waals surface area contributed by atoms with E-state index in [2.05, 4.69) is 25.8 Å². The molecule has 2 aromatic rings. The Morgan fingerprint density at radius 1 is 1.14 bits per heavy atom. The highest BCUT2D eigenvalue weighted by Crippen LogP contribution is 2.21. The first kappa shape index (κ1) is 15.3. The van der Waals surface area contributed by atoms with Crippen molar-refractivity contribution in [3.63, 3.8) is 0 Å². The van der Waals surface area contributed by atoms with Gasteiger partial charge in [0.05, 0.1) is 5.56 Å². The number of carbonyl (C=O) groups is 1. The van der Waals surface area contributed by atoms with Gasteiger partial charge in [-0.15, -0.1) is 0 Å². The molecule has 0 bridgehead atoms. The second-order valence-electron chi connectivity index (χ2n) is 5.15. The van der Waals surface area contributed by atoms with Crippen LogP contribution in [0.2, 0.25) is 5.02 Å². The van der Waals surface area contributed by atoms with Crippen molar-refractivity contribution >= 4 is 39.1 Å². The maximum Gasteiger partial charge on any atom is 0.255 e. The standard InChI is InChI=1S/C16H15BrClN3O/c17-13-8-12(10-19-11-13)16(22)21-6-4-20(5-7-21)15-3-1-2-14(18)9-15/h1-3,8-11H,4-7H2. The third kappa shape index (κ3) is 3.42. The van der Waals surface area contributed by atoms with Gasteiger partial charge >= 0.3 is 0 Å². The van der Waals surface area contributed by atoms with Gasteiger partial charge in [0.1, 0.15) is 0 Å². The van der Waals surface area contributed by atoms with Gasteiger partial charge in [-0.1, -0.05) is 17.7 Å². The zero-order chi connectivity index (χ0) is 15.5. The van der Waals surface area contributed by atoms with Gasteiger partial charge in [-0.3, -0.25) is 9.78 Å². The Hall–Kier alpha value is -1.59. The second kappa shape index (κ2) is 6.67. The zero-order valence-corrected chi connectivity index (χ0v) is 14.2. The number of benzene rings is 1. The van der Waals surface area contributed by atoms with Crippen molar-refractivity contribution in [2.24, 2.45) is 0 Å². The van der Waals surface area contributed by atoms with E-state index in [1.54, 1.807) is 18.5 Å². The fourth-order valence-electron chi connectivity index (χ4n) is 2.55. The zero-order valence-electron chi connectivity index (χ0n) is 11.9. The molecule has 0 unspecified atom stereocenters. The summed E-state index contributed by atoms with van der Waals surface area (Å²) in [4.78, 5) is 20.6. The van der Waals surface area contributed by atoms with Crippen molar-refractivity contribution in [2.45, 2.75) is 0 Å². The molecule has 22 heavy (non-hydrogen) atoms. The topological polar surface area (TPSA) is 36.4 Å². The van der Waals surface area contributed by atoms with Gasteiger partial charge in [0.15, 0.2) is 0 Å². The van der Waals surface area contributed by atoms with Gasteiger partial charge in [-0.2, -0.15) is 0 Å². The monoisotopic (exact) mass is 379 g/mol. The van der Waals surface area contributed by atoms with E-state index in [-0.39, 0.29) is 5.91 Å². The van der Waals surface area contributed by atoms with Crippen LogP contribution in [0, 0.1) is 0 Å². The lowest BCUT2D eigenvalue weighted by Gasteiger charge is -2.36. The minimum Gasteiger partial charge on any atom is -0.368 e. The normalized spacial score (nSPS) is 15.0. The molecule has 3 rings (SSSR count). The van der Waals surface area contributed by atoms with Crippen molar-refractivity contribution in [3.05, 3.63) is 57.8 Å². The van der Waals surface area contributed by atoms with Gasteiger partial charge in [-0.05, 0) is 40.2 Å². The predicted octanol–water partition coefficient (Wildman–Crippen LogP) is 3.46. The number of hydrogen-bond donors (Lipinski definition) is 0. The second-order valence-corrected chi connectivity index (χ2v) is 6.50. The van der Waals surface area contributed by atoms with Crippen LogP contribution >= 0.6 is 27.5 Å². The van der Waals surface area contributed by atoms with Crippen LogP contribution in [0.3, 0.4) is 0 Å². The maximum atomic E-state index is 12.5. The fourth-order valence-corrected chi connectivity index (χ4v) is 3.10. The van der Waals surface area contributed by atoms with Crippen molar-refractivity contribution in [1.29, 1.82) is 0 Å². The number of amides is 1. The molecular formula is C16H15BrClN3O. The highest BCUT2D eigenvalue weighted by atomic mass is 79.9. The molecule has 6 heteroatoms. The van der Waals surface area contributed by atoms with Gasteiger partial charge in [0.2, 0.25) is 0 Å². The summed E-state index contributed by atoms with van der Waals surface area (Å²) in [6.07, 6.45) is 3.28. The summed E-state index contributed by atoms with van der Waals surface area (Å²) < 4.78 is 0.816. The highest BCUT2D eigenvalue weighted by molar-refractivity contribution is 9.10. The summed E-state index contributed by atoms with van der Waals surface area (Å²) in [6.45, 7) is 2.98. The Morgan fingerprint density at radius 2 is 1.91 bits per heavy atom. The lowest BCUT2D eigenvalue weighted by atomic mass is 10.2. The first-order chi connectivity index (χ1) is 10.6. The largest absolute Gasteiger partial charge is 0.368 e. The Morgan fingerprint density at radius 3 is 2.59 bits per heavy atom. The Labute approximate surface area is 142 Å². The van der Waals surface area contributed by atoms with Crippen LogP contribution in [0.1, 0.15) is 10.4 Å². The highest BCUT2D eigenvalue weighted by Gasteiger charge is 2.22. The summed E-state index contributed by atoms with van der Waals surface area (Å²) in [5.41, 5.74) is 1.72. The first-order valence-electron chi connectivity index (χ1n) is 7.04. The molecule has 1 aliphatic rings. The van der Waals surface area contributed by atoms with Gasteiger partial charge in [0.25, 0.3) is 5.91 Å². The molecule has 1 amide bonds. The van der Waals surface area contributed by atoms with E-state index >= 15 is 0 Å². The number of piperazine rings is 1. The van der Waals surface area contributed by atoms with Crippen LogP contribution in [0.4, 0.5) is 5.69 Å². The number of nitrogens with zero attached hydrogens (tertiary/aromatic N) is 3. The first-order valence-corrected chi connectivity index (χ1v) is 8.21. The van der Waals surface area contributed by atoms with E-state index in [1.807, 2.05) is 29.2 Å². The minimum absolute atomic E-state index is 0.0274. The smallest absolute Gasteiger partial charge is 0.255 e. The van der Waals surface area contributed by atoms with Crippen LogP contribution in [0.5, 0.6) is 0 Å². The molecule has 0 spiro atoms. The quantitative estimate of drug-likeness (QED) is 0.800. The number of carbonyl (C=O) groups excluding carboxylic acids is 1. The van der Waals surface area contributed by atoms with Gasteiger partial charge in [0, 0.05) is 53.8 Å². The van der Waals surface area contributed by atoms with Gasteiger partial charge < -0.3 is 9.80 Å². The molecule has 1 fully saturated rings. The van der Waals surface area contributed by atoms with E-state index in [0.717, 1.165) is 28.3 Å². The molecule has 0 N–H and O–H groups in total. The average molecular weight is 381 g/mol. The minimum atomic E-state index is 0.0274. The summed E-state index contributed by atoms with van der Waals surface area (Å²) in [6, 6.07) is 9.62. The van der Waals surface area contributed by atoms with E-state index in [1.165, 1.54) is 0 Å². The lowest BCUT2D eigenvalue weighted by molar-refractivity contribution is 0.0746. The summed E-state index contributed by atoms with van der Waals surface area (Å²) in [5.74, 6) is 0.0274. The number of aromatic nitrogens is 1. The molecule has 0 saturated carbocycles. The number of hydrogen-bond acceptors (Lipinski definition) is 3. The summed E-state index contributed by atoms with van der Waals surface area (Å²) >= 11 is 9.38. The molecular weight excluding hydrogens is 366 g/mol. The van der Waals surface area contributed by atoms with Crippen LogP contribution in [-0.2, 0) is 0 Å². The van der Waals surface area contributed by atoms with Crippen molar-refractivity contribution in [2.75, 3.05) is 31.1 Å². The van der Waals surface area contributed by atoms with Crippen LogP contribution < -0.4 is 4.90 Å². The fraction of sp³-hybridized carbons (Fsp3) is 0.250. The maximum absolute atomic E-state index is 12.5. The molecule has 0 aliphatic carbocycles. The van der Waals surface area contributed by atoms with E-state index in [4.69, 9.17) is 11.6 Å². The lowest BCUT2D eigenvalue weighted by Crippen LogP contribution is -2.48. The van der Waals surface area contributed by atoms with Crippen LogP contribution in [0.15, 0.2) is 47.2 Å². The van der Waals surface area contributed by atoms with Crippen LogP contribution in [0.25, 0.3) is 0 Å². The van der Waals surface area contributed by atoms with Crippen molar-refractivity contribution in [1.82, 2.24) is 9.88 Å². The van der Waals surface area contributed by atoms with E-state index in [9.17, 15) is 4.79 Å².